The molecule has 4 unspecified atom stereocenters. The summed E-state index contributed by atoms with van der Waals surface area (Å²) in [5, 5.41) is 0. The number of rotatable bonds is 1. The first-order valence-electron chi connectivity index (χ1n) is 9.62. The van der Waals surface area contributed by atoms with Crippen LogP contribution >= 0.6 is 0 Å². The van der Waals surface area contributed by atoms with E-state index in [1.54, 1.807) is 0 Å². The maximum absolute atomic E-state index is 13.0. The van der Waals surface area contributed by atoms with Gasteiger partial charge >= 0.3 is 11.9 Å². The Bertz CT molecular complexity index is 685. The summed E-state index contributed by atoms with van der Waals surface area (Å²) in [6, 6.07) is 0. The molecule has 1 fully saturated rings. The first-order chi connectivity index (χ1) is 12.7. The molecular weight excluding hydrogens is 344 g/mol. The summed E-state index contributed by atoms with van der Waals surface area (Å²) in [6.45, 7) is 11.1. The minimum atomic E-state index is -0.940. The lowest BCUT2D eigenvalue weighted by Gasteiger charge is -2.27. The number of ketones is 1. The van der Waals surface area contributed by atoms with Crippen LogP contribution in [0.5, 0.6) is 0 Å². The Morgan fingerprint density at radius 1 is 1.19 bits per heavy atom. The lowest BCUT2D eigenvalue weighted by Crippen LogP contribution is -2.39. The molecule has 0 N–H and O–H groups in total. The van der Waals surface area contributed by atoms with E-state index in [4.69, 9.17) is 9.47 Å². The fourth-order valence-corrected chi connectivity index (χ4v) is 3.74. The molecule has 0 radical (unpaired) electrons. The highest BCUT2D eigenvalue weighted by Gasteiger charge is 2.49. The Morgan fingerprint density at radius 3 is 2.52 bits per heavy atom. The standard InChI is InChI=1S/C22H30O5/c1-13-8-6-10-14(2)12-18(26-17(5)23)19-16(4)22(25)27-21(19)20(24)15(3)11-7-9-13/h9-10,15,18-19,21H,4,6-8,11-12H2,1-3,5H3. The molecule has 0 aromatic rings. The van der Waals surface area contributed by atoms with Gasteiger partial charge in [0.25, 0.3) is 0 Å². The van der Waals surface area contributed by atoms with Crippen molar-refractivity contribution >= 4 is 17.7 Å². The fraction of sp³-hybridized carbons (Fsp3) is 0.591. The second-order valence-electron chi connectivity index (χ2n) is 7.75. The SMILES string of the molecule is C=C1C(=O)OC2C(=O)C(C)CCC=C(C)CCC=C(C)CC(OC(C)=O)C12. The zero-order valence-electron chi connectivity index (χ0n) is 16.7. The number of carbonyl (C=O) groups excluding carboxylic acids is 3. The topological polar surface area (TPSA) is 69.7 Å². The molecule has 2 rings (SSSR count). The van der Waals surface area contributed by atoms with E-state index >= 15 is 0 Å². The van der Waals surface area contributed by atoms with Gasteiger partial charge in [0, 0.05) is 24.8 Å². The number of allylic oxidation sites excluding steroid dienone is 3. The number of hydrogen-bond acceptors (Lipinski definition) is 5. The van der Waals surface area contributed by atoms with Crippen LogP contribution in [0.25, 0.3) is 0 Å². The molecule has 0 saturated carbocycles. The van der Waals surface area contributed by atoms with E-state index in [2.05, 4.69) is 25.7 Å². The molecule has 5 nitrogen and oxygen atoms in total. The first kappa shape index (κ1) is 21.1. The number of carbonyl (C=O) groups is 3. The highest BCUT2D eigenvalue weighted by atomic mass is 16.6. The van der Waals surface area contributed by atoms with Crippen LogP contribution in [0.4, 0.5) is 0 Å². The van der Waals surface area contributed by atoms with Gasteiger partial charge in [0.1, 0.15) is 6.10 Å². The minimum absolute atomic E-state index is 0.131. The van der Waals surface area contributed by atoms with Crippen LogP contribution in [0, 0.1) is 11.8 Å². The minimum Gasteiger partial charge on any atom is -0.461 e. The van der Waals surface area contributed by atoms with Crippen molar-refractivity contribution in [2.24, 2.45) is 11.8 Å². The van der Waals surface area contributed by atoms with Crippen molar-refractivity contribution in [3.63, 3.8) is 0 Å². The van der Waals surface area contributed by atoms with Gasteiger partial charge in [-0.1, -0.05) is 36.8 Å². The number of hydrogen-bond donors (Lipinski definition) is 0. The van der Waals surface area contributed by atoms with Crippen molar-refractivity contribution in [1.29, 1.82) is 0 Å². The average Bonchev–Trinajstić information content (AvgIpc) is 2.87. The summed E-state index contributed by atoms with van der Waals surface area (Å²) in [5.41, 5.74) is 2.56. The molecule has 1 aliphatic heterocycles. The maximum Gasteiger partial charge on any atom is 0.334 e. The fourth-order valence-electron chi connectivity index (χ4n) is 3.74. The number of ether oxygens (including phenoxy) is 2. The summed E-state index contributed by atoms with van der Waals surface area (Å²) >= 11 is 0. The van der Waals surface area contributed by atoms with Gasteiger partial charge in [0.2, 0.25) is 0 Å². The summed E-state index contributed by atoms with van der Waals surface area (Å²) < 4.78 is 10.9. The predicted octanol–water partition coefficient (Wildman–Crippen LogP) is 4.08. The lowest BCUT2D eigenvalue weighted by atomic mass is 9.82. The third-order valence-electron chi connectivity index (χ3n) is 5.36. The van der Waals surface area contributed by atoms with Crippen molar-refractivity contribution in [2.45, 2.75) is 72.0 Å². The van der Waals surface area contributed by atoms with E-state index in [1.165, 1.54) is 12.5 Å². The van der Waals surface area contributed by atoms with Gasteiger partial charge in [-0.3, -0.25) is 9.59 Å². The molecule has 27 heavy (non-hydrogen) atoms. The van der Waals surface area contributed by atoms with Gasteiger partial charge in [0.05, 0.1) is 5.92 Å². The van der Waals surface area contributed by atoms with E-state index in [9.17, 15) is 14.4 Å². The molecular formula is C22H30O5. The number of Topliss-reactive ketones (excluding diaryl/α,β-unsaturated/α-hetero) is 1. The Kier molecular flexibility index (Phi) is 7.17. The highest BCUT2D eigenvalue weighted by molar-refractivity contribution is 5.98. The molecule has 0 bridgehead atoms. The van der Waals surface area contributed by atoms with Gasteiger partial charge in [-0.15, -0.1) is 0 Å². The van der Waals surface area contributed by atoms with Crippen LogP contribution < -0.4 is 0 Å². The van der Waals surface area contributed by atoms with E-state index in [1.807, 2.05) is 13.8 Å². The number of esters is 2. The summed E-state index contributed by atoms with van der Waals surface area (Å²) in [4.78, 5) is 36.8. The van der Waals surface area contributed by atoms with Crippen LogP contribution in [0.1, 0.15) is 59.8 Å². The molecule has 4 atom stereocenters. The summed E-state index contributed by atoms with van der Waals surface area (Å²) in [6.07, 6.45) is 6.52. The molecule has 1 saturated heterocycles. The van der Waals surface area contributed by atoms with Crippen molar-refractivity contribution in [3.05, 3.63) is 35.5 Å². The number of fused-ring (bicyclic) bond motifs is 1. The molecule has 1 aliphatic carbocycles. The Hall–Kier alpha value is -2.17. The molecule has 1 heterocycles. The predicted molar refractivity (Wildman–Crippen MR) is 103 cm³/mol. The van der Waals surface area contributed by atoms with Crippen LogP contribution in [0.3, 0.4) is 0 Å². The quantitative estimate of drug-likeness (QED) is 0.393. The van der Waals surface area contributed by atoms with Gasteiger partial charge in [-0.25, -0.2) is 4.79 Å². The molecule has 0 aromatic heterocycles. The van der Waals surface area contributed by atoms with Crippen molar-refractivity contribution in [3.8, 4) is 0 Å². The summed E-state index contributed by atoms with van der Waals surface area (Å²) in [5.74, 6) is -2.05. The first-order valence-corrected chi connectivity index (χ1v) is 9.62. The zero-order chi connectivity index (χ0) is 20.1. The summed E-state index contributed by atoms with van der Waals surface area (Å²) in [7, 11) is 0. The molecule has 0 amide bonds. The van der Waals surface area contributed by atoms with E-state index < -0.39 is 30.1 Å². The largest absolute Gasteiger partial charge is 0.461 e. The van der Waals surface area contributed by atoms with E-state index in [0.29, 0.717) is 12.8 Å². The van der Waals surface area contributed by atoms with E-state index in [-0.39, 0.29) is 17.3 Å². The van der Waals surface area contributed by atoms with Crippen LogP contribution in [-0.4, -0.2) is 29.9 Å². The monoisotopic (exact) mass is 374 g/mol. The van der Waals surface area contributed by atoms with Crippen LogP contribution in [0.2, 0.25) is 0 Å². The Labute approximate surface area is 161 Å². The van der Waals surface area contributed by atoms with Crippen molar-refractivity contribution in [2.75, 3.05) is 0 Å². The Morgan fingerprint density at radius 2 is 1.85 bits per heavy atom. The van der Waals surface area contributed by atoms with Crippen LogP contribution in [-0.2, 0) is 23.9 Å². The third kappa shape index (κ3) is 5.41. The molecule has 5 heteroatoms. The lowest BCUT2D eigenvalue weighted by molar-refractivity contribution is -0.154. The second kappa shape index (κ2) is 9.16. The normalized spacial score (nSPS) is 30.6. The zero-order valence-corrected chi connectivity index (χ0v) is 16.7. The van der Waals surface area contributed by atoms with Gasteiger partial charge in [-0.05, 0) is 39.5 Å². The molecule has 148 valence electrons. The molecule has 0 spiro atoms. The van der Waals surface area contributed by atoms with Crippen LogP contribution in [0.15, 0.2) is 35.5 Å². The second-order valence-corrected chi connectivity index (χ2v) is 7.75. The third-order valence-corrected chi connectivity index (χ3v) is 5.36. The van der Waals surface area contributed by atoms with Crippen molar-refractivity contribution < 1.29 is 23.9 Å². The van der Waals surface area contributed by atoms with Crippen molar-refractivity contribution in [1.82, 2.24) is 0 Å². The molecule has 2 aliphatic rings. The van der Waals surface area contributed by atoms with Gasteiger partial charge < -0.3 is 9.47 Å². The van der Waals surface area contributed by atoms with Gasteiger partial charge in [0.15, 0.2) is 11.9 Å². The molecule has 0 aromatic carbocycles. The highest BCUT2D eigenvalue weighted by Crippen LogP contribution is 2.36. The smallest absolute Gasteiger partial charge is 0.334 e. The Balaban J connectivity index is 2.40. The van der Waals surface area contributed by atoms with E-state index in [0.717, 1.165) is 24.8 Å². The maximum atomic E-state index is 13.0. The average molecular weight is 374 g/mol. The van der Waals surface area contributed by atoms with Gasteiger partial charge in [-0.2, -0.15) is 0 Å².